The van der Waals surface area contributed by atoms with Crippen LogP contribution in [0.25, 0.3) is 5.57 Å². The summed E-state index contributed by atoms with van der Waals surface area (Å²) in [5.41, 5.74) is 2.99. The van der Waals surface area contributed by atoms with Gasteiger partial charge in [0.2, 0.25) is 0 Å². The third-order valence-electron chi connectivity index (χ3n) is 3.68. The number of benzene rings is 1. The molecule has 17 heavy (non-hydrogen) atoms. The van der Waals surface area contributed by atoms with E-state index in [9.17, 15) is 0 Å². The molecule has 0 aliphatic heterocycles. The normalized spacial score (nSPS) is 20.8. The Balaban J connectivity index is 2.54. The third kappa shape index (κ3) is 2.44. The summed E-state index contributed by atoms with van der Waals surface area (Å²) in [7, 11) is -1.20. The van der Waals surface area contributed by atoms with Crippen molar-refractivity contribution in [3.05, 3.63) is 53.7 Å². The first-order chi connectivity index (χ1) is 8.04. The Morgan fingerprint density at radius 2 is 1.82 bits per heavy atom. The minimum atomic E-state index is -1.20. The van der Waals surface area contributed by atoms with Crippen LogP contribution in [-0.2, 0) is 0 Å². The molecular formula is C16H22Si. The van der Waals surface area contributed by atoms with Crippen LogP contribution in [0, 0.1) is 5.92 Å². The number of hydrogen-bond donors (Lipinski definition) is 0. The lowest BCUT2D eigenvalue weighted by Gasteiger charge is -2.22. The SMILES string of the molecule is C=CC1CCC([Si](C)(C)C)=C1c1ccccc1. The smallest absolute Gasteiger partial charge is 0.0728 e. The summed E-state index contributed by atoms with van der Waals surface area (Å²) in [4.78, 5) is 0. The van der Waals surface area contributed by atoms with Crippen LogP contribution in [0.2, 0.25) is 19.6 Å². The first-order valence-electron chi connectivity index (χ1n) is 6.45. The van der Waals surface area contributed by atoms with Crippen molar-refractivity contribution in [3.63, 3.8) is 0 Å². The largest absolute Gasteiger partial charge is 0.102 e. The van der Waals surface area contributed by atoms with Gasteiger partial charge in [0.25, 0.3) is 0 Å². The maximum atomic E-state index is 4.02. The molecule has 0 aromatic heterocycles. The fourth-order valence-corrected chi connectivity index (χ4v) is 4.86. The molecular weight excluding hydrogens is 220 g/mol. The van der Waals surface area contributed by atoms with Gasteiger partial charge < -0.3 is 0 Å². The van der Waals surface area contributed by atoms with E-state index in [1.165, 1.54) is 18.4 Å². The van der Waals surface area contributed by atoms with E-state index >= 15 is 0 Å². The van der Waals surface area contributed by atoms with E-state index in [2.05, 4.69) is 62.6 Å². The standard InChI is InChI=1S/C16H22Si/c1-5-13-11-12-15(17(2,3)4)16(13)14-9-7-6-8-10-14/h5-10,13H,1,11-12H2,2-4H3. The zero-order valence-corrected chi connectivity index (χ0v) is 12.2. The lowest BCUT2D eigenvalue weighted by atomic mass is 9.95. The second-order valence-corrected chi connectivity index (χ2v) is 11.0. The first kappa shape index (κ1) is 12.4. The summed E-state index contributed by atoms with van der Waals surface area (Å²) in [6.07, 6.45) is 4.67. The van der Waals surface area contributed by atoms with Crippen LogP contribution in [-0.4, -0.2) is 8.07 Å². The van der Waals surface area contributed by atoms with E-state index in [4.69, 9.17) is 0 Å². The summed E-state index contributed by atoms with van der Waals surface area (Å²) < 4.78 is 0. The molecule has 1 aliphatic rings. The fourth-order valence-electron chi connectivity index (χ4n) is 2.82. The third-order valence-corrected chi connectivity index (χ3v) is 6.01. The zero-order valence-electron chi connectivity index (χ0n) is 11.2. The van der Waals surface area contributed by atoms with Gasteiger partial charge in [-0.05, 0) is 24.0 Å². The Hall–Kier alpha value is -1.08. The predicted octanol–water partition coefficient (Wildman–Crippen LogP) is 4.91. The molecule has 1 atom stereocenters. The molecule has 0 saturated heterocycles. The highest BCUT2D eigenvalue weighted by Gasteiger charge is 2.31. The van der Waals surface area contributed by atoms with Crippen molar-refractivity contribution in [1.82, 2.24) is 0 Å². The van der Waals surface area contributed by atoms with Gasteiger partial charge >= 0.3 is 0 Å². The van der Waals surface area contributed by atoms with Crippen LogP contribution in [0.4, 0.5) is 0 Å². The van der Waals surface area contributed by atoms with E-state index in [1.807, 2.05) is 0 Å². The van der Waals surface area contributed by atoms with Crippen LogP contribution < -0.4 is 0 Å². The molecule has 1 heteroatoms. The molecule has 0 spiro atoms. The van der Waals surface area contributed by atoms with Gasteiger partial charge in [-0.25, -0.2) is 0 Å². The monoisotopic (exact) mass is 242 g/mol. The topological polar surface area (TPSA) is 0 Å². The van der Waals surface area contributed by atoms with Gasteiger partial charge in [-0.3, -0.25) is 0 Å². The minimum absolute atomic E-state index is 0.569. The van der Waals surface area contributed by atoms with Crippen LogP contribution in [0.1, 0.15) is 18.4 Å². The molecule has 1 aromatic carbocycles. The number of rotatable bonds is 3. The lowest BCUT2D eigenvalue weighted by molar-refractivity contribution is 0.782. The highest BCUT2D eigenvalue weighted by atomic mass is 28.3. The fraction of sp³-hybridized carbons (Fsp3) is 0.375. The molecule has 0 N–H and O–H groups in total. The average Bonchev–Trinajstić information content (AvgIpc) is 2.73. The Labute approximate surface area is 106 Å². The second kappa shape index (κ2) is 4.65. The lowest BCUT2D eigenvalue weighted by Crippen LogP contribution is -2.23. The zero-order chi connectivity index (χ0) is 12.5. The Morgan fingerprint density at radius 1 is 1.18 bits per heavy atom. The van der Waals surface area contributed by atoms with Crippen LogP contribution in [0.15, 0.2) is 48.2 Å². The number of allylic oxidation sites excluding steroid dienone is 3. The van der Waals surface area contributed by atoms with Crippen molar-refractivity contribution in [2.24, 2.45) is 5.92 Å². The van der Waals surface area contributed by atoms with Gasteiger partial charge in [-0.15, -0.1) is 6.58 Å². The molecule has 0 bridgehead atoms. The Bertz CT molecular complexity index is 434. The van der Waals surface area contributed by atoms with E-state index in [-0.39, 0.29) is 0 Å². The molecule has 1 aliphatic carbocycles. The summed E-state index contributed by atoms with van der Waals surface area (Å²) >= 11 is 0. The maximum absolute atomic E-state index is 4.02. The average molecular weight is 242 g/mol. The maximum Gasteiger partial charge on any atom is 0.0728 e. The van der Waals surface area contributed by atoms with Crippen LogP contribution in [0.3, 0.4) is 0 Å². The molecule has 0 saturated carbocycles. The molecule has 0 amide bonds. The predicted molar refractivity (Wildman–Crippen MR) is 79.6 cm³/mol. The summed E-state index contributed by atoms with van der Waals surface area (Å²) in [5, 5.41) is 1.74. The molecule has 0 heterocycles. The molecule has 90 valence electrons. The summed E-state index contributed by atoms with van der Waals surface area (Å²) in [6, 6.07) is 10.9. The summed E-state index contributed by atoms with van der Waals surface area (Å²) in [5.74, 6) is 0.569. The quantitative estimate of drug-likeness (QED) is 0.521. The molecule has 0 fully saturated rings. The molecule has 1 unspecified atom stereocenters. The van der Waals surface area contributed by atoms with E-state index < -0.39 is 8.07 Å². The molecule has 0 nitrogen and oxygen atoms in total. The van der Waals surface area contributed by atoms with Gasteiger partial charge in [0, 0.05) is 5.92 Å². The van der Waals surface area contributed by atoms with Crippen molar-refractivity contribution in [3.8, 4) is 0 Å². The summed E-state index contributed by atoms with van der Waals surface area (Å²) in [6.45, 7) is 11.4. The highest BCUT2D eigenvalue weighted by Crippen LogP contribution is 2.43. The Morgan fingerprint density at radius 3 is 2.35 bits per heavy atom. The van der Waals surface area contributed by atoms with Gasteiger partial charge in [0.15, 0.2) is 0 Å². The Kier molecular flexibility index (Phi) is 3.39. The van der Waals surface area contributed by atoms with Crippen molar-refractivity contribution in [2.75, 3.05) is 0 Å². The van der Waals surface area contributed by atoms with Crippen molar-refractivity contribution >= 4 is 13.6 Å². The van der Waals surface area contributed by atoms with E-state index in [0.717, 1.165) is 0 Å². The van der Waals surface area contributed by atoms with Gasteiger partial charge in [-0.1, -0.05) is 61.2 Å². The van der Waals surface area contributed by atoms with Gasteiger partial charge in [0.1, 0.15) is 0 Å². The second-order valence-electron chi connectivity index (χ2n) is 5.89. The molecule has 0 radical (unpaired) electrons. The minimum Gasteiger partial charge on any atom is -0.102 e. The van der Waals surface area contributed by atoms with Crippen molar-refractivity contribution < 1.29 is 0 Å². The highest BCUT2D eigenvalue weighted by molar-refractivity contribution is 6.84. The van der Waals surface area contributed by atoms with Crippen molar-refractivity contribution in [2.45, 2.75) is 32.5 Å². The van der Waals surface area contributed by atoms with Gasteiger partial charge in [-0.2, -0.15) is 0 Å². The van der Waals surface area contributed by atoms with E-state index in [0.29, 0.717) is 5.92 Å². The van der Waals surface area contributed by atoms with E-state index in [1.54, 1.807) is 10.8 Å². The van der Waals surface area contributed by atoms with Gasteiger partial charge in [0.05, 0.1) is 8.07 Å². The van der Waals surface area contributed by atoms with Crippen LogP contribution >= 0.6 is 0 Å². The van der Waals surface area contributed by atoms with Crippen LogP contribution in [0.5, 0.6) is 0 Å². The first-order valence-corrected chi connectivity index (χ1v) is 9.95. The van der Waals surface area contributed by atoms with Crippen molar-refractivity contribution in [1.29, 1.82) is 0 Å². The molecule has 1 aromatic rings. The number of hydrogen-bond acceptors (Lipinski definition) is 0. The molecule has 2 rings (SSSR count).